The first kappa shape index (κ1) is 16.2. The van der Waals surface area contributed by atoms with E-state index < -0.39 is 0 Å². The van der Waals surface area contributed by atoms with Gasteiger partial charge >= 0.3 is 0 Å². The Kier molecular flexibility index (Phi) is 4.38. The van der Waals surface area contributed by atoms with Crippen molar-refractivity contribution in [3.63, 3.8) is 0 Å². The van der Waals surface area contributed by atoms with Gasteiger partial charge in [-0.1, -0.05) is 56.3 Å². The molecule has 0 aliphatic carbocycles. The number of hydrogen-bond donors (Lipinski definition) is 1. The predicted octanol–water partition coefficient (Wildman–Crippen LogP) is 5.01. The third-order valence-corrected chi connectivity index (χ3v) is 4.63. The lowest BCUT2D eigenvalue weighted by atomic mass is 9.88. The molecular formula is C20H22N2O2. The van der Waals surface area contributed by atoms with Crippen LogP contribution in [0.3, 0.4) is 0 Å². The largest absolute Gasteiger partial charge is 0.358 e. The van der Waals surface area contributed by atoms with Gasteiger partial charge in [0.2, 0.25) is 6.54 Å². The summed E-state index contributed by atoms with van der Waals surface area (Å²) in [6.07, 6.45) is 0. The minimum atomic E-state index is -0.252. The number of aryl methyl sites for hydroxylation is 1. The summed E-state index contributed by atoms with van der Waals surface area (Å²) in [4.78, 5) is 14.4. The van der Waals surface area contributed by atoms with Crippen LogP contribution in [0.4, 0.5) is 0 Å². The predicted molar refractivity (Wildman–Crippen MR) is 97.3 cm³/mol. The fourth-order valence-electron chi connectivity index (χ4n) is 3.37. The lowest BCUT2D eigenvalue weighted by Gasteiger charge is -2.16. The number of para-hydroxylation sites is 1. The highest BCUT2D eigenvalue weighted by atomic mass is 16.6. The summed E-state index contributed by atoms with van der Waals surface area (Å²) >= 11 is 0. The number of H-pyrrole nitrogens is 1. The average Bonchev–Trinajstić information content (AvgIpc) is 2.88. The highest BCUT2D eigenvalue weighted by Gasteiger charge is 2.25. The normalized spacial score (nSPS) is 12.7. The van der Waals surface area contributed by atoms with Gasteiger partial charge in [0.15, 0.2) is 0 Å². The molecule has 1 atom stereocenters. The van der Waals surface area contributed by atoms with Crippen molar-refractivity contribution in [3.05, 3.63) is 81.0 Å². The summed E-state index contributed by atoms with van der Waals surface area (Å²) in [5, 5.41) is 12.4. The van der Waals surface area contributed by atoms with Crippen LogP contribution in [0, 0.1) is 17.0 Å². The van der Waals surface area contributed by atoms with Crippen molar-refractivity contribution >= 4 is 10.9 Å². The van der Waals surface area contributed by atoms with E-state index in [2.05, 4.69) is 31.0 Å². The zero-order valence-electron chi connectivity index (χ0n) is 14.2. The summed E-state index contributed by atoms with van der Waals surface area (Å²) in [5.41, 5.74) is 5.28. The highest BCUT2D eigenvalue weighted by Crippen LogP contribution is 2.34. The van der Waals surface area contributed by atoms with Crippen LogP contribution in [0.5, 0.6) is 0 Å². The number of nitro groups is 1. The van der Waals surface area contributed by atoms with Crippen LogP contribution in [0.2, 0.25) is 0 Å². The number of aromatic amines is 1. The molecule has 0 fully saturated rings. The van der Waals surface area contributed by atoms with E-state index >= 15 is 0 Å². The molecule has 0 aliphatic heterocycles. The van der Waals surface area contributed by atoms with Crippen LogP contribution >= 0.6 is 0 Å². The Bertz CT molecular complexity index is 863. The van der Waals surface area contributed by atoms with Crippen molar-refractivity contribution < 1.29 is 4.92 Å². The van der Waals surface area contributed by atoms with Crippen LogP contribution in [-0.2, 0) is 0 Å². The maximum atomic E-state index is 11.3. The lowest BCUT2D eigenvalue weighted by Crippen LogP contribution is -2.14. The molecular weight excluding hydrogens is 300 g/mol. The molecule has 0 bridgehead atoms. The van der Waals surface area contributed by atoms with E-state index in [1.165, 1.54) is 5.56 Å². The van der Waals surface area contributed by atoms with Gasteiger partial charge in [-0.25, -0.2) is 0 Å². The van der Waals surface area contributed by atoms with E-state index in [1.54, 1.807) is 0 Å². The minimum Gasteiger partial charge on any atom is -0.358 e. The van der Waals surface area contributed by atoms with Crippen molar-refractivity contribution in [3.8, 4) is 0 Å². The Labute approximate surface area is 141 Å². The van der Waals surface area contributed by atoms with Gasteiger partial charge in [-0.15, -0.1) is 0 Å². The number of nitrogens with one attached hydrogen (secondary N) is 1. The van der Waals surface area contributed by atoms with Crippen LogP contribution in [0.15, 0.2) is 48.5 Å². The van der Waals surface area contributed by atoms with E-state index in [-0.39, 0.29) is 17.4 Å². The summed E-state index contributed by atoms with van der Waals surface area (Å²) in [7, 11) is 0. The molecule has 1 heterocycles. The molecule has 0 saturated carbocycles. The Morgan fingerprint density at radius 3 is 2.29 bits per heavy atom. The molecule has 0 radical (unpaired) electrons. The lowest BCUT2D eigenvalue weighted by molar-refractivity contribution is -0.481. The summed E-state index contributed by atoms with van der Waals surface area (Å²) in [6, 6.07) is 16.2. The van der Waals surface area contributed by atoms with Crippen molar-refractivity contribution in [1.82, 2.24) is 4.98 Å². The molecule has 3 rings (SSSR count). The maximum Gasteiger partial charge on any atom is 0.214 e. The molecule has 3 aromatic rings. The molecule has 1 unspecified atom stereocenters. The number of hydrogen-bond acceptors (Lipinski definition) is 2. The first-order valence-electron chi connectivity index (χ1n) is 8.26. The van der Waals surface area contributed by atoms with Gasteiger partial charge in [0.1, 0.15) is 0 Å². The second-order valence-corrected chi connectivity index (χ2v) is 6.60. The van der Waals surface area contributed by atoms with Gasteiger partial charge < -0.3 is 4.98 Å². The van der Waals surface area contributed by atoms with Gasteiger partial charge in [0.25, 0.3) is 0 Å². The van der Waals surface area contributed by atoms with E-state index in [9.17, 15) is 10.1 Å². The standard InChI is InChI=1S/C20H22N2O2/c1-13(2)15-8-10-16(11-9-15)18(12-22(23)24)20-14(3)21-19-7-5-4-6-17(19)20/h4-11,13,18,21H,12H2,1-3H3. The first-order chi connectivity index (χ1) is 11.5. The minimum absolute atomic E-state index is 0.107. The quantitative estimate of drug-likeness (QED) is 0.530. The smallest absolute Gasteiger partial charge is 0.214 e. The Balaban J connectivity index is 2.12. The van der Waals surface area contributed by atoms with Crippen molar-refractivity contribution in [2.24, 2.45) is 0 Å². The van der Waals surface area contributed by atoms with Crippen molar-refractivity contribution in [2.45, 2.75) is 32.6 Å². The monoisotopic (exact) mass is 322 g/mol. The van der Waals surface area contributed by atoms with Crippen molar-refractivity contribution in [2.75, 3.05) is 6.54 Å². The van der Waals surface area contributed by atoms with Gasteiger partial charge in [0, 0.05) is 21.5 Å². The number of rotatable bonds is 5. The number of benzene rings is 2. The van der Waals surface area contributed by atoms with Crippen LogP contribution < -0.4 is 0 Å². The van der Waals surface area contributed by atoms with E-state index in [0.717, 1.165) is 27.7 Å². The number of fused-ring (bicyclic) bond motifs is 1. The Morgan fingerprint density at radius 2 is 1.67 bits per heavy atom. The molecule has 1 aromatic heterocycles. The SMILES string of the molecule is Cc1[nH]c2ccccc2c1C(C[N+](=O)[O-])c1ccc(C(C)C)cc1. The first-order valence-corrected chi connectivity index (χ1v) is 8.26. The van der Waals surface area contributed by atoms with Crippen molar-refractivity contribution in [1.29, 1.82) is 0 Å². The summed E-state index contributed by atoms with van der Waals surface area (Å²) < 4.78 is 0. The van der Waals surface area contributed by atoms with Gasteiger partial charge in [0.05, 0.1) is 5.92 Å². The number of nitrogens with zero attached hydrogens (tertiary/aromatic N) is 1. The fraction of sp³-hybridized carbons (Fsp3) is 0.300. The van der Waals surface area contributed by atoms with Gasteiger partial charge in [-0.05, 0) is 35.6 Å². The van der Waals surface area contributed by atoms with Crippen LogP contribution in [-0.4, -0.2) is 16.5 Å². The second-order valence-electron chi connectivity index (χ2n) is 6.60. The summed E-state index contributed by atoms with van der Waals surface area (Å²) in [6.45, 7) is 6.18. The molecule has 0 aliphatic rings. The molecule has 0 spiro atoms. The third-order valence-electron chi connectivity index (χ3n) is 4.63. The van der Waals surface area contributed by atoms with Crippen LogP contribution in [0.1, 0.15) is 48.1 Å². The molecule has 2 aromatic carbocycles. The second kappa shape index (κ2) is 6.48. The van der Waals surface area contributed by atoms with E-state index in [1.807, 2.05) is 43.3 Å². The highest BCUT2D eigenvalue weighted by molar-refractivity contribution is 5.85. The zero-order valence-corrected chi connectivity index (χ0v) is 14.2. The Morgan fingerprint density at radius 1 is 1.04 bits per heavy atom. The molecule has 4 nitrogen and oxygen atoms in total. The van der Waals surface area contributed by atoms with Crippen LogP contribution in [0.25, 0.3) is 10.9 Å². The average molecular weight is 322 g/mol. The molecule has 0 saturated heterocycles. The fourth-order valence-corrected chi connectivity index (χ4v) is 3.37. The van der Waals surface area contributed by atoms with Gasteiger partial charge in [-0.2, -0.15) is 0 Å². The molecule has 1 N–H and O–H groups in total. The third kappa shape index (κ3) is 3.04. The number of aromatic nitrogens is 1. The van der Waals surface area contributed by atoms with E-state index in [4.69, 9.17) is 0 Å². The maximum absolute atomic E-state index is 11.3. The van der Waals surface area contributed by atoms with E-state index in [0.29, 0.717) is 5.92 Å². The molecule has 124 valence electrons. The van der Waals surface area contributed by atoms with Gasteiger partial charge in [-0.3, -0.25) is 10.1 Å². The zero-order chi connectivity index (χ0) is 17.3. The summed E-state index contributed by atoms with van der Waals surface area (Å²) in [5.74, 6) is 0.195. The molecule has 0 amide bonds. The molecule has 24 heavy (non-hydrogen) atoms. The Hall–Kier alpha value is -2.62. The topological polar surface area (TPSA) is 58.9 Å². The molecule has 4 heteroatoms.